The van der Waals surface area contributed by atoms with E-state index in [2.05, 4.69) is 48.2 Å². The molecular formula is C17H28IN7OS. The maximum absolute atomic E-state index is 5.40. The van der Waals surface area contributed by atoms with E-state index in [9.17, 15) is 0 Å². The molecule has 0 unspecified atom stereocenters. The molecule has 3 rings (SSSR count). The molecule has 1 fully saturated rings. The lowest BCUT2D eigenvalue weighted by atomic mass is 10.4. The molecule has 0 saturated carbocycles. The third-order valence-corrected chi connectivity index (χ3v) is 5.27. The molecular weight excluding hydrogens is 477 g/mol. The van der Waals surface area contributed by atoms with Crippen LogP contribution in [0.2, 0.25) is 0 Å². The minimum absolute atomic E-state index is 0. The summed E-state index contributed by atoms with van der Waals surface area (Å²) in [4.78, 5) is 8.36. The predicted octanol–water partition coefficient (Wildman–Crippen LogP) is 1.37. The fraction of sp³-hybridized carbons (Fsp3) is 0.588. The molecule has 2 N–H and O–H groups in total. The zero-order valence-corrected chi connectivity index (χ0v) is 19.0. The highest BCUT2D eigenvalue weighted by atomic mass is 127. The Morgan fingerprint density at radius 1 is 1.30 bits per heavy atom. The van der Waals surface area contributed by atoms with Crippen molar-refractivity contribution in [3.63, 3.8) is 0 Å². The number of nitrogens with zero attached hydrogens (tertiary/aromatic N) is 5. The molecule has 0 aliphatic carbocycles. The van der Waals surface area contributed by atoms with Crippen molar-refractivity contribution in [2.45, 2.75) is 20.0 Å². The number of rotatable bonds is 7. The van der Waals surface area contributed by atoms with Crippen LogP contribution in [-0.2, 0) is 24.9 Å². The fourth-order valence-electron chi connectivity index (χ4n) is 2.65. The van der Waals surface area contributed by atoms with E-state index in [1.807, 2.05) is 18.5 Å². The number of aliphatic imine (C=N–C) groups is 1. The number of aryl methyl sites for hydroxylation is 1. The summed E-state index contributed by atoms with van der Waals surface area (Å²) in [6, 6.07) is 4.18. The molecule has 0 bridgehead atoms. The second-order valence-electron chi connectivity index (χ2n) is 6.20. The van der Waals surface area contributed by atoms with Crippen LogP contribution in [0.3, 0.4) is 0 Å². The molecule has 0 spiro atoms. The average Bonchev–Trinajstić information content (AvgIpc) is 3.29. The highest BCUT2D eigenvalue weighted by Gasteiger charge is 2.10. The van der Waals surface area contributed by atoms with Crippen molar-refractivity contribution >= 4 is 41.3 Å². The molecule has 2 aromatic rings. The third kappa shape index (κ3) is 7.01. The summed E-state index contributed by atoms with van der Waals surface area (Å²) in [5, 5.41) is 17.2. The maximum Gasteiger partial charge on any atom is 0.192 e. The summed E-state index contributed by atoms with van der Waals surface area (Å²) >= 11 is 1.74. The zero-order chi connectivity index (χ0) is 18.2. The fourth-order valence-corrected chi connectivity index (χ4v) is 3.30. The van der Waals surface area contributed by atoms with Crippen LogP contribution in [0.15, 0.2) is 22.5 Å². The summed E-state index contributed by atoms with van der Waals surface area (Å²) in [7, 11) is 1.96. The van der Waals surface area contributed by atoms with Gasteiger partial charge in [-0.05, 0) is 18.4 Å². The number of morpholine rings is 1. The van der Waals surface area contributed by atoms with Crippen LogP contribution in [0.5, 0.6) is 0 Å². The van der Waals surface area contributed by atoms with E-state index in [-0.39, 0.29) is 24.0 Å². The maximum atomic E-state index is 5.40. The minimum Gasteiger partial charge on any atom is -0.379 e. The summed E-state index contributed by atoms with van der Waals surface area (Å²) in [5.74, 6) is 2.55. The number of halogens is 1. The molecule has 27 heavy (non-hydrogen) atoms. The molecule has 1 aliphatic heterocycles. The van der Waals surface area contributed by atoms with Crippen LogP contribution in [0, 0.1) is 6.92 Å². The van der Waals surface area contributed by atoms with E-state index in [1.165, 1.54) is 4.88 Å². The molecule has 0 amide bonds. The molecule has 0 aromatic carbocycles. The van der Waals surface area contributed by atoms with E-state index in [4.69, 9.17) is 4.74 Å². The molecule has 1 saturated heterocycles. The second kappa shape index (κ2) is 11.6. The van der Waals surface area contributed by atoms with Crippen LogP contribution in [0.4, 0.5) is 0 Å². The Balaban J connectivity index is 0.00000261. The molecule has 10 heteroatoms. The van der Waals surface area contributed by atoms with Gasteiger partial charge in [-0.25, -0.2) is 4.99 Å². The first-order valence-electron chi connectivity index (χ1n) is 8.92. The van der Waals surface area contributed by atoms with Crippen LogP contribution in [0.25, 0.3) is 0 Å². The molecule has 8 nitrogen and oxygen atoms in total. The monoisotopic (exact) mass is 505 g/mol. The van der Waals surface area contributed by atoms with Gasteiger partial charge in [-0.3, -0.25) is 4.90 Å². The summed E-state index contributed by atoms with van der Waals surface area (Å²) < 4.78 is 7.36. The molecule has 3 heterocycles. The van der Waals surface area contributed by atoms with Gasteiger partial charge in [0.05, 0.1) is 19.8 Å². The lowest BCUT2D eigenvalue weighted by Crippen LogP contribution is -2.44. The number of thiophene rings is 1. The summed E-state index contributed by atoms with van der Waals surface area (Å²) in [6.45, 7) is 8.65. The Kier molecular flexibility index (Phi) is 9.45. The number of ether oxygens (including phenoxy) is 1. The predicted molar refractivity (Wildman–Crippen MR) is 119 cm³/mol. The van der Waals surface area contributed by atoms with Gasteiger partial charge in [0.15, 0.2) is 11.8 Å². The van der Waals surface area contributed by atoms with Crippen molar-refractivity contribution in [3.05, 3.63) is 34.0 Å². The van der Waals surface area contributed by atoms with Gasteiger partial charge in [0, 0.05) is 38.1 Å². The van der Waals surface area contributed by atoms with E-state index < -0.39 is 0 Å². The first-order chi connectivity index (χ1) is 12.7. The van der Waals surface area contributed by atoms with Crippen molar-refractivity contribution in [3.8, 4) is 0 Å². The summed E-state index contributed by atoms with van der Waals surface area (Å²) in [6.07, 6.45) is 0. The van der Waals surface area contributed by atoms with Gasteiger partial charge in [0.2, 0.25) is 0 Å². The van der Waals surface area contributed by atoms with Gasteiger partial charge in [-0.15, -0.1) is 45.5 Å². The minimum atomic E-state index is 0. The zero-order valence-electron chi connectivity index (χ0n) is 15.8. The molecule has 2 aromatic heterocycles. The Morgan fingerprint density at radius 2 is 2.11 bits per heavy atom. The lowest BCUT2D eigenvalue weighted by molar-refractivity contribution is 0.0389. The van der Waals surface area contributed by atoms with Gasteiger partial charge in [0.25, 0.3) is 0 Å². The largest absolute Gasteiger partial charge is 0.379 e. The smallest absolute Gasteiger partial charge is 0.192 e. The number of guanidine groups is 1. The van der Waals surface area contributed by atoms with Crippen molar-refractivity contribution in [2.24, 2.45) is 12.0 Å². The Morgan fingerprint density at radius 3 is 2.78 bits per heavy atom. The normalized spacial score (nSPS) is 15.4. The topological polar surface area (TPSA) is 79.6 Å². The van der Waals surface area contributed by atoms with E-state index in [1.54, 1.807) is 11.3 Å². The van der Waals surface area contributed by atoms with Crippen LogP contribution in [-0.4, -0.2) is 65.0 Å². The Labute approximate surface area is 181 Å². The first kappa shape index (κ1) is 22.1. The van der Waals surface area contributed by atoms with Gasteiger partial charge < -0.3 is 19.9 Å². The highest BCUT2D eigenvalue weighted by molar-refractivity contribution is 14.0. The van der Waals surface area contributed by atoms with Gasteiger partial charge in [0.1, 0.15) is 12.4 Å². The second-order valence-corrected chi connectivity index (χ2v) is 7.23. The van der Waals surface area contributed by atoms with Crippen molar-refractivity contribution < 1.29 is 4.74 Å². The number of nitrogens with one attached hydrogen (secondary N) is 2. The standard InChI is InChI=1S/C17H27N7OS.HI/c1-14-21-22-16(23(14)2)13-20-17(19-12-15-4-3-11-26-15)18-5-6-24-7-9-25-10-8-24;/h3-4,11H,5-10,12-13H2,1-2H3,(H2,18,19,20);1H. The number of hydrogen-bond acceptors (Lipinski definition) is 6. The third-order valence-electron chi connectivity index (χ3n) is 4.40. The van der Waals surface area contributed by atoms with Gasteiger partial charge in [-0.1, -0.05) is 6.07 Å². The van der Waals surface area contributed by atoms with Crippen LogP contribution >= 0.6 is 35.3 Å². The van der Waals surface area contributed by atoms with E-state index in [0.29, 0.717) is 6.54 Å². The average molecular weight is 505 g/mol. The van der Waals surface area contributed by atoms with Gasteiger partial charge in [-0.2, -0.15) is 0 Å². The SMILES string of the molecule is Cc1nnc(CN=C(NCCN2CCOCC2)NCc2cccs2)n1C.I. The van der Waals surface area contributed by atoms with E-state index in [0.717, 1.165) is 63.5 Å². The molecule has 1 aliphatic rings. The quantitative estimate of drug-likeness (QED) is 0.336. The Bertz CT molecular complexity index is 698. The number of hydrogen-bond donors (Lipinski definition) is 2. The Hall–Kier alpha value is -1.24. The van der Waals surface area contributed by atoms with Crippen molar-refractivity contribution in [1.29, 1.82) is 0 Å². The molecule has 0 radical (unpaired) electrons. The molecule has 0 atom stereocenters. The lowest BCUT2D eigenvalue weighted by Gasteiger charge is -2.26. The van der Waals surface area contributed by atoms with E-state index >= 15 is 0 Å². The highest BCUT2D eigenvalue weighted by Crippen LogP contribution is 2.07. The van der Waals surface area contributed by atoms with Gasteiger partial charge >= 0.3 is 0 Å². The first-order valence-corrected chi connectivity index (χ1v) is 9.80. The summed E-state index contributed by atoms with van der Waals surface area (Å²) in [5.41, 5.74) is 0. The van der Waals surface area contributed by atoms with Crippen LogP contribution < -0.4 is 10.6 Å². The van der Waals surface area contributed by atoms with Crippen molar-refractivity contribution in [1.82, 2.24) is 30.3 Å². The van der Waals surface area contributed by atoms with Crippen LogP contribution in [0.1, 0.15) is 16.5 Å². The molecule has 150 valence electrons. The number of aromatic nitrogens is 3. The van der Waals surface area contributed by atoms with Crippen molar-refractivity contribution in [2.75, 3.05) is 39.4 Å².